The van der Waals surface area contributed by atoms with Gasteiger partial charge in [-0.05, 0) is 36.8 Å². The summed E-state index contributed by atoms with van der Waals surface area (Å²) in [6, 6.07) is 1.91. The summed E-state index contributed by atoms with van der Waals surface area (Å²) in [5.41, 5.74) is 1.10. The van der Waals surface area contributed by atoms with Gasteiger partial charge in [0.25, 0.3) is 0 Å². The molecule has 2 N–H and O–H groups in total. The second-order valence-corrected chi connectivity index (χ2v) is 5.97. The lowest BCUT2D eigenvalue weighted by molar-refractivity contribution is 0.0700. The summed E-state index contributed by atoms with van der Waals surface area (Å²) in [5, 5.41) is 14.4. The highest BCUT2D eigenvalue weighted by Crippen LogP contribution is 2.28. The third-order valence-corrected chi connectivity index (χ3v) is 4.55. The van der Waals surface area contributed by atoms with Gasteiger partial charge in [-0.25, -0.2) is 4.79 Å². The molecule has 1 aliphatic carbocycles. The first-order valence-electron chi connectivity index (χ1n) is 6.15. The molecule has 0 aromatic carbocycles. The highest BCUT2D eigenvalue weighted by molar-refractivity contribution is 7.12. The largest absolute Gasteiger partial charge is 0.477 e. The number of carboxylic acids is 1. The average molecular weight is 253 g/mol. The molecule has 0 amide bonds. The molecule has 3 nitrogen and oxygen atoms in total. The fourth-order valence-electron chi connectivity index (χ4n) is 2.48. The van der Waals surface area contributed by atoms with Crippen molar-refractivity contribution in [3.05, 3.63) is 21.9 Å². The Morgan fingerprint density at radius 2 is 2.18 bits per heavy atom. The maximum absolute atomic E-state index is 11.0. The van der Waals surface area contributed by atoms with Crippen LogP contribution in [0.5, 0.6) is 0 Å². The Bertz CT molecular complexity index is 394. The molecule has 0 radical (unpaired) electrons. The van der Waals surface area contributed by atoms with Crippen molar-refractivity contribution in [1.29, 1.82) is 0 Å². The molecule has 0 atom stereocenters. The van der Waals surface area contributed by atoms with E-state index in [2.05, 4.69) is 12.2 Å². The van der Waals surface area contributed by atoms with Gasteiger partial charge < -0.3 is 10.4 Å². The van der Waals surface area contributed by atoms with Crippen molar-refractivity contribution in [2.45, 2.75) is 51.1 Å². The first-order valence-corrected chi connectivity index (χ1v) is 7.03. The van der Waals surface area contributed by atoms with E-state index in [1.165, 1.54) is 43.4 Å². The molecule has 1 aromatic heterocycles. The summed E-state index contributed by atoms with van der Waals surface area (Å²) in [6.07, 6.45) is 6.27. The maximum atomic E-state index is 11.0. The number of nitrogens with one attached hydrogen (secondary N) is 1. The van der Waals surface area contributed by atoms with Crippen LogP contribution in [0.25, 0.3) is 0 Å². The van der Waals surface area contributed by atoms with E-state index in [9.17, 15) is 4.79 Å². The molecule has 0 bridgehead atoms. The third kappa shape index (κ3) is 3.07. The standard InChI is InChI=1S/C13H19NO2S/c1-13(6-3-2-4-7-13)14-9-10-5-8-17-11(10)12(15)16/h5,8,14H,2-4,6-7,9H2,1H3,(H,15,16). The van der Waals surface area contributed by atoms with Gasteiger partial charge in [-0.3, -0.25) is 0 Å². The van der Waals surface area contributed by atoms with Crippen LogP contribution in [0, 0.1) is 0 Å². The summed E-state index contributed by atoms with van der Waals surface area (Å²) in [5.74, 6) is -0.814. The number of rotatable bonds is 4. The smallest absolute Gasteiger partial charge is 0.346 e. The van der Waals surface area contributed by atoms with Crippen LogP contribution in [-0.4, -0.2) is 16.6 Å². The van der Waals surface area contributed by atoms with Gasteiger partial charge in [0.1, 0.15) is 4.88 Å². The molecule has 1 saturated carbocycles. The van der Waals surface area contributed by atoms with E-state index in [1.54, 1.807) is 0 Å². The van der Waals surface area contributed by atoms with Gasteiger partial charge in [0.15, 0.2) is 0 Å². The second kappa shape index (κ2) is 5.19. The molecule has 0 unspecified atom stereocenters. The number of thiophene rings is 1. The van der Waals surface area contributed by atoms with Gasteiger partial charge >= 0.3 is 5.97 Å². The van der Waals surface area contributed by atoms with Crippen molar-refractivity contribution < 1.29 is 9.90 Å². The monoisotopic (exact) mass is 253 g/mol. The highest BCUT2D eigenvalue weighted by atomic mass is 32.1. The van der Waals surface area contributed by atoms with Gasteiger partial charge in [-0.2, -0.15) is 0 Å². The minimum atomic E-state index is -0.814. The number of hydrogen-bond acceptors (Lipinski definition) is 3. The molecular weight excluding hydrogens is 234 g/mol. The van der Waals surface area contributed by atoms with Gasteiger partial charge in [0.05, 0.1) is 0 Å². The van der Waals surface area contributed by atoms with Crippen LogP contribution < -0.4 is 5.32 Å². The first kappa shape index (κ1) is 12.6. The quantitative estimate of drug-likeness (QED) is 0.866. The van der Waals surface area contributed by atoms with Crippen LogP contribution in [-0.2, 0) is 6.54 Å². The zero-order valence-corrected chi connectivity index (χ0v) is 11.0. The Morgan fingerprint density at radius 1 is 1.47 bits per heavy atom. The normalized spacial score (nSPS) is 19.1. The number of carbonyl (C=O) groups is 1. The van der Waals surface area contributed by atoms with E-state index >= 15 is 0 Å². The van der Waals surface area contributed by atoms with Crippen molar-refractivity contribution in [3.8, 4) is 0 Å². The van der Waals surface area contributed by atoms with Crippen molar-refractivity contribution in [2.24, 2.45) is 0 Å². The molecule has 1 aliphatic rings. The van der Waals surface area contributed by atoms with E-state index < -0.39 is 5.97 Å². The Balaban J connectivity index is 1.97. The molecule has 0 saturated heterocycles. The Labute approximate surface area is 106 Å². The van der Waals surface area contributed by atoms with Gasteiger partial charge in [-0.15, -0.1) is 11.3 Å². The molecule has 4 heteroatoms. The van der Waals surface area contributed by atoms with Crippen molar-refractivity contribution >= 4 is 17.3 Å². The van der Waals surface area contributed by atoms with Gasteiger partial charge in [-0.1, -0.05) is 19.3 Å². The van der Waals surface area contributed by atoms with Crippen LogP contribution in [0.2, 0.25) is 0 Å². The predicted octanol–water partition coefficient (Wildman–Crippen LogP) is 3.26. The topological polar surface area (TPSA) is 49.3 Å². The van der Waals surface area contributed by atoms with Crippen LogP contribution >= 0.6 is 11.3 Å². The summed E-state index contributed by atoms with van der Waals surface area (Å²) >= 11 is 1.30. The minimum absolute atomic E-state index is 0.190. The molecule has 1 heterocycles. The van der Waals surface area contributed by atoms with Gasteiger partial charge in [0, 0.05) is 12.1 Å². The number of carboxylic acid groups (broad SMARTS) is 1. The lowest BCUT2D eigenvalue weighted by atomic mass is 9.83. The lowest BCUT2D eigenvalue weighted by Gasteiger charge is -2.34. The highest BCUT2D eigenvalue weighted by Gasteiger charge is 2.26. The average Bonchev–Trinajstić information content (AvgIpc) is 2.76. The Kier molecular flexibility index (Phi) is 3.84. The summed E-state index contributed by atoms with van der Waals surface area (Å²) < 4.78 is 0. The third-order valence-electron chi connectivity index (χ3n) is 3.60. The van der Waals surface area contributed by atoms with E-state index in [0.717, 1.165) is 5.56 Å². The fourth-order valence-corrected chi connectivity index (χ4v) is 3.24. The lowest BCUT2D eigenvalue weighted by Crippen LogP contribution is -2.43. The van der Waals surface area contributed by atoms with E-state index in [0.29, 0.717) is 11.4 Å². The zero-order chi connectivity index (χ0) is 12.3. The molecule has 0 aliphatic heterocycles. The number of hydrogen-bond donors (Lipinski definition) is 2. The second-order valence-electron chi connectivity index (χ2n) is 5.05. The molecule has 94 valence electrons. The van der Waals surface area contributed by atoms with E-state index in [1.807, 2.05) is 11.4 Å². The molecule has 0 spiro atoms. The van der Waals surface area contributed by atoms with Crippen molar-refractivity contribution in [3.63, 3.8) is 0 Å². The fraction of sp³-hybridized carbons (Fsp3) is 0.615. The molecular formula is C13H19NO2S. The SMILES string of the molecule is CC1(NCc2ccsc2C(=O)O)CCCCC1. The first-order chi connectivity index (χ1) is 8.11. The maximum Gasteiger partial charge on any atom is 0.346 e. The Hall–Kier alpha value is -0.870. The van der Waals surface area contributed by atoms with Crippen molar-refractivity contribution in [2.75, 3.05) is 0 Å². The molecule has 17 heavy (non-hydrogen) atoms. The van der Waals surface area contributed by atoms with Crippen LogP contribution in [0.3, 0.4) is 0 Å². The predicted molar refractivity (Wildman–Crippen MR) is 69.6 cm³/mol. The molecule has 2 rings (SSSR count). The summed E-state index contributed by atoms with van der Waals surface area (Å²) in [6.45, 7) is 2.92. The Morgan fingerprint density at radius 3 is 2.82 bits per heavy atom. The van der Waals surface area contributed by atoms with E-state index in [-0.39, 0.29) is 5.54 Å². The minimum Gasteiger partial charge on any atom is -0.477 e. The van der Waals surface area contributed by atoms with Gasteiger partial charge in [0.2, 0.25) is 0 Å². The zero-order valence-electron chi connectivity index (χ0n) is 10.2. The van der Waals surface area contributed by atoms with E-state index in [4.69, 9.17) is 5.11 Å². The summed E-state index contributed by atoms with van der Waals surface area (Å²) in [7, 11) is 0. The number of aromatic carboxylic acids is 1. The summed E-state index contributed by atoms with van der Waals surface area (Å²) in [4.78, 5) is 11.5. The van der Waals surface area contributed by atoms with Crippen LogP contribution in [0.4, 0.5) is 0 Å². The molecule has 1 fully saturated rings. The van der Waals surface area contributed by atoms with Crippen LogP contribution in [0.15, 0.2) is 11.4 Å². The van der Waals surface area contributed by atoms with Crippen LogP contribution in [0.1, 0.15) is 54.3 Å². The molecule has 1 aromatic rings. The van der Waals surface area contributed by atoms with Crippen molar-refractivity contribution in [1.82, 2.24) is 5.32 Å².